The lowest BCUT2D eigenvalue weighted by atomic mass is 10.2. The zero-order valence-corrected chi connectivity index (χ0v) is 12.3. The first-order chi connectivity index (χ1) is 8.43. The molecule has 0 aliphatic rings. The summed E-state index contributed by atoms with van der Waals surface area (Å²) in [6.07, 6.45) is 2.75. The van der Waals surface area contributed by atoms with E-state index in [0.717, 1.165) is 31.4 Å². The first kappa shape index (κ1) is 15.2. The van der Waals surface area contributed by atoms with Crippen molar-refractivity contribution >= 4 is 9.84 Å². The Morgan fingerprint density at radius 3 is 2.33 bits per heavy atom. The predicted molar refractivity (Wildman–Crippen MR) is 75.6 cm³/mol. The summed E-state index contributed by atoms with van der Waals surface area (Å²) < 4.78 is 24.3. The second kappa shape index (κ2) is 6.90. The van der Waals surface area contributed by atoms with Crippen LogP contribution in [0, 0.1) is 6.92 Å². The van der Waals surface area contributed by atoms with Crippen molar-refractivity contribution in [3.8, 4) is 0 Å². The Balaban J connectivity index is 2.49. The summed E-state index contributed by atoms with van der Waals surface area (Å²) >= 11 is 0. The summed E-state index contributed by atoms with van der Waals surface area (Å²) in [6.45, 7) is 2.86. The number of hydrogen-bond donors (Lipinski definition) is 0. The molecule has 0 unspecified atom stereocenters. The van der Waals surface area contributed by atoms with Crippen molar-refractivity contribution in [1.82, 2.24) is 4.90 Å². The number of aryl methyl sites for hydroxylation is 1. The Morgan fingerprint density at radius 1 is 1.06 bits per heavy atom. The molecule has 18 heavy (non-hydrogen) atoms. The SMILES string of the molecule is Cc1ccccc1S(=O)(=O)CCCCCN(C)C. The second-order valence-electron chi connectivity index (χ2n) is 4.95. The van der Waals surface area contributed by atoms with Crippen molar-refractivity contribution in [2.24, 2.45) is 0 Å². The van der Waals surface area contributed by atoms with E-state index in [9.17, 15) is 8.42 Å². The van der Waals surface area contributed by atoms with Crippen LogP contribution in [0.25, 0.3) is 0 Å². The van der Waals surface area contributed by atoms with E-state index in [1.807, 2.05) is 33.2 Å². The molecular formula is C14H23NO2S. The van der Waals surface area contributed by atoms with Crippen LogP contribution in [0.5, 0.6) is 0 Å². The fourth-order valence-electron chi connectivity index (χ4n) is 1.91. The quantitative estimate of drug-likeness (QED) is 0.714. The van der Waals surface area contributed by atoms with Gasteiger partial charge < -0.3 is 4.90 Å². The third-order valence-corrected chi connectivity index (χ3v) is 4.90. The van der Waals surface area contributed by atoms with Crippen molar-refractivity contribution in [3.05, 3.63) is 29.8 Å². The van der Waals surface area contributed by atoms with Gasteiger partial charge in [-0.05, 0) is 52.0 Å². The molecule has 0 aliphatic heterocycles. The maximum Gasteiger partial charge on any atom is 0.178 e. The molecule has 0 N–H and O–H groups in total. The van der Waals surface area contributed by atoms with Gasteiger partial charge in [0.15, 0.2) is 9.84 Å². The van der Waals surface area contributed by atoms with E-state index in [1.165, 1.54) is 0 Å². The normalized spacial score (nSPS) is 12.0. The molecule has 0 spiro atoms. The third kappa shape index (κ3) is 4.78. The van der Waals surface area contributed by atoms with Crippen LogP contribution >= 0.6 is 0 Å². The van der Waals surface area contributed by atoms with Crippen LogP contribution in [0.4, 0.5) is 0 Å². The van der Waals surface area contributed by atoms with Gasteiger partial charge in [0.25, 0.3) is 0 Å². The van der Waals surface area contributed by atoms with Crippen LogP contribution < -0.4 is 0 Å². The highest BCUT2D eigenvalue weighted by Crippen LogP contribution is 2.17. The van der Waals surface area contributed by atoms with Crippen LogP contribution in [0.15, 0.2) is 29.2 Å². The summed E-state index contributed by atoms with van der Waals surface area (Å²) in [5.41, 5.74) is 0.839. The highest BCUT2D eigenvalue weighted by atomic mass is 32.2. The zero-order valence-electron chi connectivity index (χ0n) is 11.5. The molecule has 102 valence electrons. The Morgan fingerprint density at radius 2 is 1.72 bits per heavy atom. The predicted octanol–water partition coefficient (Wildman–Crippen LogP) is 2.50. The Bertz CT molecular complexity index is 466. The number of benzene rings is 1. The van der Waals surface area contributed by atoms with E-state index in [0.29, 0.717) is 4.90 Å². The monoisotopic (exact) mass is 269 g/mol. The lowest BCUT2D eigenvalue weighted by Crippen LogP contribution is -2.13. The molecule has 0 aliphatic carbocycles. The molecule has 1 aromatic rings. The first-order valence-electron chi connectivity index (χ1n) is 6.36. The van der Waals surface area contributed by atoms with Crippen molar-refractivity contribution in [3.63, 3.8) is 0 Å². The lowest BCUT2D eigenvalue weighted by molar-refractivity contribution is 0.393. The van der Waals surface area contributed by atoms with E-state index in [-0.39, 0.29) is 5.75 Å². The van der Waals surface area contributed by atoms with Gasteiger partial charge in [0.05, 0.1) is 10.6 Å². The summed E-state index contributed by atoms with van der Waals surface area (Å²) in [6, 6.07) is 7.20. The maximum atomic E-state index is 12.1. The van der Waals surface area contributed by atoms with Gasteiger partial charge >= 0.3 is 0 Å². The number of unbranched alkanes of at least 4 members (excludes halogenated alkanes) is 2. The summed E-state index contributed by atoms with van der Waals surface area (Å²) in [7, 11) is 0.958. The molecule has 1 rings (SSSR count). The van der Waals surface area contributed by atoms with Crippen LogP contribution in [0.3, 0.4) is 0 Å². The van der Waals surface area contributed by atoms with Crippen LogP contribution in [0.1, 0.15) is 24.8 Å². The van der Waals surface area contributed by atoms with Gasteiger partial charge in [0.2, 0.25) is 0 Å². The Labute approximate surface area is 111 Å². The van der Waals surface area contributed by atoms with E-state index in [4.69, 9.17) is 0 Å². The van der Waals surface area contributed by atoms with Gasteiger partial charge in [-0.2, -0.15) is 0 Å². The number of nitrogens with zero attached hydrogens (tertiary/aromatic N) is 1. The van der Waals surface area contributed by atoms with Crippen molar-refractivity contribution in [2.45, 2.75) is 31.1 Å². The summed E-state index contributed by atoms with van der Waals surface area (Å²) in [4.78, 5) is 2.60. The average molecular weight is 269 g/mol. The van der Waals surface area contributed by atoms with Crippen molar-refractivity contribution < 1.29 is 8.42 Å². The Hall–Kier alpha value is -0.870. The van der Waals surface area contributed by atoms with Crippen LogP contribution in [0.2, 0.25) is 0 Å². The maximum absolute atomic E-state index is 12.1. The molecule has 0 fully saturated rings. The van der Waals surface area contributed by atoms with Gasteiger partial charge in [-0.3, -0.25) is 0 Å². The number of rotatable bonds is 7. The van der Waals surface area contributed by atoms with Crippen LogP contribution in [-0.4, -0.2) is 39.7 Å². The van der Waals surface area contributed by atoms with Crippen molar-refractivity contribution in [2.75, 3.05) is 26.4 Å². The second-order valence-corrected chi connectivity index (χ2v) is 7.03. The van der Waals surface area contributed by atoms with E-state index >= 15 is 0 Å². The van der Waals surface area contributed by atoms with Gasteiger partial charge in [-0.15, -0.1) is 0 Å². The Kier molecular flexibility index (Phi) is 5.82. The highest BCUT2D eigenvalue weighted by molar-refractivity contribution is 7.91. The number of sulfone groups is 1. The molecule has 0 bridgehead atoms. The van der Waals surface area contributed by atoms with Gasteiger partial charge in [0.1, 0.15) is 0 Å². The highest BCUT2D eigenvalue weighted by Gasteiger charge is 2.15. The largest absolute Gasteiger partial charge is 0.309 e. The molecular weight excluding hydrogens is 246 g/mol. The lowest BCUT2D eigenvalue weighted by Gasteiger charge is -2.09. The molecule has 0 radical (unpaired) electrons. The fourth-order valence-corrected chi connectivity index (χ4v) is 3.56. The molecule has 0 aromatic heterocycles. The minimum Gasteiger partial charge on any atom is -0.309 e. The van der Waals surface area contributed by atoms with Crippen LogP contribution in [-0.2, 0) is 9.84 Å². The smallest absolute Gasteiger partial charge is 0.178 e. The fraction of sp³-hybridized carbons (Fsp3) is 0.571. The molecule has 0 saturated heterocycles. The van der Waals surface area contributed by atoms with Gasteiger partial charge in [-0.1, -0.05) is 24.6 Å². The van der Waals surface area contributed by atoms with Crippen molar-refractivity contribution in [1.29, 1.82) is 0 Å². The molecule has 0 heterocycles. The van der Waals surface area contributed by atoms with Gasteiger partial charge in [0, 0.05) is 0 Å². The summed E-state index contributed by atoms with van der Waals surface area (Å²) in [5.74, 6) is 0.255. The first-order valence-corrected chi connectivity index (χ1v) is 8.02. The van der Waals surface area contributed by atoms with E-state index in [2.05, 4.69) is 4.90 Å². The topological polar surface area (TPSA) is 37.4 Å². The van der Waals surface area contributed by atoms with E-state index in [1.54, 1.807) is 12.1 Å². The molecule has 0 amide bonds. The molecule has 0 saturated carbocycles. The third-order valence-electron chi connectivity index (χ3n) is 2.95. The molecule has 4 heteroatoms. The standard InChI is InChI=1S/C14H23NO2S/c1-13-9-5-6-10-14(13)18(16,17)12-8-4-7-11-15(2)3/h5-6,9-10H,4,7-8,11-12H2,1-3H3. The van der Waals surface area contributed by atoms with Gasteiger partial charge in [-0.25, -0.2) is 8.42 Å². The zero-order chi connectivity index (χ0) is 13.6. The number of hydrogen-bond acceptors (Lipinski definition) is 3. The van der Waals surface area contributed by atoms with E-state index < -0.39 is 9.84 Å². The molecule has 1 aromatic carbocycles. The average Bonchev–Trinajstić information content (AvgIpc) is 2.28. The molecule has 0 atom stereocenters. The minimum absolute atomic E-state index is 0.255. The minimum atomic E-state index is -3.11. The molecule has 3 nitrogen and oxygen atoms in total. The summed E-state index contributed by atoms with van der Waals surface area (Å²) in [5, 5.41) is 0.